The van der Waals surface area contributed by atoms with Gasteiger partial charge in [0.1, 0.15) is 29.4 Å². The third-order valence-corrected chi connectivity index (χ3v) is 6.52. The lowest BCUT2D eigenvalue weighted by Crippen LogP contribution is -2.13. The van der Waals surface area contributed by atoms with Gasteiger partial charge in [0, 0.05) is 18.5 Å². The molecule has 1 aliphatic carbocycles. The average Bonchev–Trinajstić information content (AvgIpc) is 3.24. The minimum atomic E-state index is -0.557. The lowest BCUT2D eigenvalue weighted by atomic mass is 9.98. The van der Waals surface area contributed by atoms with Gasteiger partial charge in [-0.25, -0.2) is 4.79 Å². The third kappa shape index (κ3) is 4.45. The van der Waals surface area contributed by atoms with Crippen LogP contribution in [-0.2, 0) is 11.3 Å². The zero-order chi connectivity index (χ0) is 25.1. The lowest BCUT2D eigenvalue weighted by Gasteiger charge is -2.15. The van der Waals surface area contributed by atoms with Crippen LogP contribution in [0.2, 0.25) is 0 Å². The smallest absolute Gasteiger partial charge is 0.341 e. The summed E-state index contributed by atoms with van der Waals surface area (Å²) in [5.41, 5.74) is 6.35. The van der Waals surface area contributed by atoms with Crippen LogP contribution in [0.25, 0.3) is 11.1 Å². The quantitative estimate of drug-likeness (QED) is 0.301. The monoisotopic (exact) mass is 481 g/mol. The van der Waals surface area contributed by atoms with Crippen molar-refractivity contribution in [3.05, 3.63) is 107 Å². The van der Waals surface area contributed by atoms with Gasteiger partial charge in [-0.2, -0.15) is 0 Å². The van der Waals surface area contributed by atoms with Gasteiger partial charge in [0.15, 0.2) is 0 Å². The molecule has 0 saturated heterocycles. The molecule has 0 unspecified atom stereocenters. The van der Waals surface area contributed by atoms with Crippen LogP contribution in [0.15, 0.2) is 84.9 Å². The van der Waals surface area contributed by atoms with Gasteiger partial charge in [0.05, 0.1) is 19.9 Å². The van der Waals surface area contributed by atoms with Gasteiger partial charge in [-0.05, 0) is 52.1 Å². The highest BCUT2D eigenvalue weighted by atomic mass is 16.5. The van der Waals surface area contributed by atoms with Crippen LogP contribution in [0, 0.1) is 0 Å². The van der Waals surface area contributed by atoms with Crippen molar-refractivity contribution in [2.75, 3.05) is 26.1 Å². The molecule has 0 heterocycles. The molecule has 4 aromatic rings. The van der Waals surface area contributed by atoms with E-state index in [0.29, 0.717) is 18.0 Å². The number of ether oxygens (including phenoxy) is 3. The minimum absolute atomic E-state index is 0.0455. The first-order valence-electron chi connectivity index (χ1n) is 11.7. The van der Waals surface area contributed by atoms with E-state index in [4.69, 9.17) is 14.2 Å². The zero-order valence-corrected chi connectivity index (χ0v) is 20.2. The van der Waals surface area contributed by atoms with E-state index in [2.05, 4.69) is 29.6 Å². The molecular weight excluding hydrogens is 454 g/mol. The number of phenolic OH excluding ortho intramolecular Hbond substituents is 1. The Labute approximate surface area is 210 Å². The van der Waals surface area contributed by atoms with Gasteiger partial charge >= 0.3 is 5.97 Å². The molecule has 0 aliphatic heterocycles. The maximum absolute atomic E-state index is 13.0. The van der Waals surface area contributed by atoms with Crippen LogP contribution in [-0.4, -0.2) is 31.9 Å². The first-order valence-corrected chi connectivity index (χ1v) is 11.7. The molecule has 5 rings (SSSR count). The molecule has 0 saturated carbocycles. The Hall–Kier alpha value is -4.45. The summed E-state index contributed by atoms with van der Waals surface area (Å²) < 4.78 is 16.4. The second-order valence-electron chi connectivity index (χ2n) is 8.60. The highest BCUT2D eigenvalue weighted by Crippen LogP contribution is 2.44. The molecule has 4 aromatic carbocycles. The molecule has 36 heavy (non-hydrogen) atoms. The van der Waals surface area contributed by atoms with Crippen molar-refractivity contribution >= 4 is 11.7 Å². The molecule has 6 heteroatoms. The van der Waals surface area contributed by atoms with Crippen molar-refractivity contribution in [2.45, 2.75) is 12.5 Å². The highest BCUT2D eigenvalue weighted by Gasteiger charge is 2.29. The number of benzene rings is 4. The second-order valence-corrected chi connectivity index (χ2v) is 8.60. The van der Waals surface area contributed by atoms with Crippen molar-refractivity contribution in [3.63, 3.8) is 0 Å². The fourth-order valence-corrected chi connectivity index (χ4v) is 4.67. The number of carbonyl (C=O) groups excluding carboxylic acids is 1. The summed E-state index contributed by atoms with van der Waals surface area (Å²) in [6, 6.07) is 26.8. The summed E-state index contributed by atoms with van der Waals surface area (Å²) in [6.45, 7) is 0.616. The van der Waals surface area contributed by atoms with E-state index in [1.165, 1.54) is 17.2 Å². The fourth-order valence-electron chi connectivity index (χ4n) is 4.67. The second kappa shape index (κ2) is 10.0. The van der Waals surface area contributed by atoms with Crippen LogP contribution < -0.4 is 14.8 Å². The average molecular weight is 482 g/mol. The molecule has 0 spiro atoms. The van der Waals surface area contributed by atoms with Crippen LogP contribution >= 0.6 is 0 Å². The van der Waals surface area contributed by atoms with Crippen LogP contribution in [0.1, 0.15) is 33.0 Å². The van der Waals surface area contributed by atoms with Crippen LogP contribution in [0.3, 0.4) is 0 Å². The van der Waals surface area contributed by atoms with E-state index >= 15 is 0 Å². The van der Waals surface area contributed by atoms with Gasteiger partial charge in [0.2, 0.25) is 0 Å². The van der Waals surface area contributed by atoms with E-state index in [-0.39, 0.29) is 23.8 Å². The third-order valence-electron chi connectivity index (χ3n) is 6.52. The van der Waals surface area contributed by atoms with E-state index in [9.17, 15) is 9.90 Å². The molecular formula is C30H27NO5. The van der Waals surface area contributed by atoms with Gasteiger partial charge in [-0.3, -0.25) is 0 Å². The Morgan fingerprint density at radius 2 is 1.56 bits per heavy atom. The number of aromatic hydroxyl groups is 1. The molecule has 0 bridgehead atoms. The number of fused-ring (bicyclic) bond motifs is 3. The Morgan fingerprint density at radius 1 is 0.861 bits per heavy atom. The normalized spacial score (nSPS) is 11.9. The van der Waals surface area contributed by atoms with Gasteiger partial charge in [-0.15, -0.1) is 0 Å². The summed E-state index contributed by atoms with van der Waals surface area (Å²) in [5, 5.41) is 13.7. The Balaban J connectivity index is 1.30. The first-order chi connectivity index (χ1) is 17.6. The van der Waals surface area contributed by atoms with Crippen molar-refractivity contribution in [1.82, 2.24) is 0 Å². The number of hydrogen-bond donors (Lipinski definition) is 2. The largest absolute Gasteiger partial charge is 0.507 e. The molecule has 0 radical (unpaired) electrons. The fraction of sp³-hybridized carbons (Fsp3) is 0.167. The highest BCUT2D eigenvalue weighted by molar-refractivity contribution is 5.92. The Morgan fingerprint density at radius 3 is 2.22 bits per heavy atom. The summed E-state index contributed by atoms with van der Waals surface area (Å²) in [4.78, 5) is 13.0. The Kier molecular flexibility index (Phi) is 6.50. The molecule has 0 amide bonds. The van der Waals surface area contributed by atoms with Gasteiger partial charge < -0.3 is 24.6 Å². The van der Waals surface area contributed by atoms with Crippen molar-refractivity contribution in [1.29, 1.82) is 0 Å². The van der Waals surface area contributed by atoms with Gasteiger partial charge in [-0.1, -0.05) is 54.6 Å². The standard InChI is InChI=1S/C30H27NO5/c1-34-20-12-13-27(29(16-20)35-2)31-17-19-11-14-28(32)25(15-19)30(33)36-18-26-23-9-5-3-7-21(23)22-8-4-6-10-24(22)26/h3-16,26,31-32H,17-18H2,1-2H3. The maximum Gasteiger partial charge on any atom is 0.341 e. The predicted octanol–water partition coefficient (Wildman–Crippen LogP) is 5.99. The number of methoxy groups -OCH3 is 2. The minimum Gasteiger partial charge on any atom is -0.507 e. The lowest BCUT2D eigenvalue weighted by molar-refractivity contribution is 0.0490. The Bertz CT molecular complexity index is 1370. The first kappa shape index (κ1) is 23.3. The number of esters is 1. The van der Waals surface area contributed by atoms with E-state index in [1.54, 1.807) is 32.4 Å². The van der Waals surface area contributed by atoms with Crippen molar-refractivity contribution in [2.24, 2.45) is 0 Å². The van der Waals surface area contributed by atoms with Crippen molar-refractivity contribution in [3.8, 4) is 28.4 Å². The van der Waals surface area contributed by atoms with E-state index < -0.39 is 5.97 Å². The molecule has 0 aromatic heterocycles. The van der Waals surface area contributed by atoms with Crippen molar-refractivity contribution < 1.29 is 24.1 Å². The number of rotatable bonds is 8. The molecule has 2 N–H and O–H groups in total. The molecule has 1 aliphatic rings. The summed E-state index contributed by atoms with van der Waals surface area (Å²) >= 11 is 0. The van der Waals surface area contributed by atoms with E-state index in [0.717, 1.165) is 22.4 Å². The van der Waals surface area contributed by atoms with Gasteiger partial charge in [0.25, 0.3) is 0 Å². The predicted molar refractivity (Wildman–Crippen MR) is 139 cm³/mol. The summed E-state index contributed by atoms with van der Waals surface area (Å²) in [5.74, 6) is 0.622. The molecule has 0 atom stereocenters. The summed E-state index contributed by atoms with van der Waals surface area (Å²) in [6.07, 6.45) is 0. The number of phenols is 1. The topological polar surface area (TPSA) is 77.0 Å². The number of nitrogens with one attached hydrogen (secondary N) is 1. The van der Waals surface area contributed by atoms with E-state index in [1.807, 2.05) is 36.4 Å². The SMILES string of the molecule is COc1ccc(NCc2ccc(O)c(C(=O)OCC3c4ccccc4-c4ccccc43)c2)c(OC)c1. The molecule has 182 valence electrons. The maximum atomic E-state index is 13.0. The van der Waals surface area contributed by atoms with Crippen LogP contribution in [0.4, 0.5) is 5.69 Å². The molecule has 6 nitrogen and oxygen atoms in total. The molecule has 0 fully saturated rings. The number of anilines is 1. The summed E-state index contributed by atoms with van der Waals surface area (Å²) in [7, 11) is 3.19. The number of carbonyl (C=O) groups is 1. The van der Waals surface area contributed by atoms with Crippen LogP contribution in [0.5, 0.6) is 17.2 Å². The number of hydrogen-bond acceptors (Lipinski definition) is 6. The zero-order valence-electron chi connectivity index (χ0n) is 20.2.